The molecule has 5 nitrogen and oxygen atoms in total. The molecule has 1 amide bonds. The normalized spacial score (nSPS) is 25.0. The lowest BCUT2D eigenvalue weighted by molar-refractivity contribution is 0.0685. The van der Waals surface area contributed by atoms with Crippen molar-refractivity contribution in [3.8, 4) is 0 Å². The first-order valence-corrected chi connectivity index (χ1v) is 8.63. The number of nitrogens with one attached hydrogen (secondary N) is 1. The van der Waals surface area contributed by atoms with Crippen LogP contribution in [-0.2, 0) is 5.54 Å². The second-order valence-electron chi connectivity index (χ2n) is 6.21. The largest absolute Gasteiger partial charge is 0.465 e. The number of amides is 1. The van der Waals surface area contributed by atoms with Gasteiger partial charge >= 0.3 is 6.09 Å². The molecule has 0 bridgehead atoms. The highest BCUT2D eigenvalue weighted by Crippen LogP contribution is 2.43. The van der Waals surface area contributed by atoms with Gasteiger partial charge in [-0.15, -0.1) is 0 Å². The fourth-order valence-corrected chi connectivity index (χ4v) is 4.13. The number of nitrogens with zero attached hydrogens (tertiary/aromatic N) is 1. The van der Waals surface area contributed by atoms with Crippen LogP contribution in [0.15, 0.2) is 27.7 Å². The summed E-state index contributed by atoms with van der Waals surface area (Å²) in [6.07, 6.45) is -0.723. The van der Waals surface area contributed by atoms with E-state index in [-0.39, 0.29) is 16.2 Å². The number of halogens is 2. The van der Waals surface area contributed by atoms with Gasteiger partial charge in [0.25, 0.3) is 0 Å². The maximum atomic E-state index is 13.5. The van der Waals surface area contributed by atoms with Crippen LogP contribution >= 0.6 is 27.7 Å². The Morgan fingerprint density at radius 2 is 2.22 bits per heavy atom. The van der Waals surface area contributed by atoms with Gasteiger partial charge in [-0.2, -0.15) is 0 Å². The third-order valence-electron chi connectivity index (χ3n) is 3.73. The van der Waals surface area contributed by atoms with Crippen molar-refractivity contribution < 1.29 is 19.4 Å². The summed E-state index contributed by atoms with van der Waals surface area (Å²) in [4.78, 5) is 15.4. The van der Waals surface area contributed by atoms with Crippen molar-refractivity contribution in [2.45, 2.75) is 43.6 Å². The Hall–Kier alpha value is -1.12. The van der Waals surface area contributed by atoms with Crippen LogP contribution in [0.5, 0.6) is 0 Å². The lowest BCUT2D eigenvalue weighted by atomic mass is 9.84. The molecule has 0 fully saturated rings. The average molecular weight is 405 g/mol. The van der Waals surface area contributed by atoms with Gasteiger partial charge in [0, 0.05) is 5.25 Å². The molecule has 0 radical (unpaired) electrons. The maximum absolute atomic E-state index is 13.5. The van der Waals surface area contributed by atoms with Gasteiger partial charge in [-0.25, -0.2) is 9.18 Å². The molecule has 8 heteroatoms. The molecule has 1 aromatic rings. The standard InChI is InChI=1S/C15H18BrFN2O3S/c1-14(2,22)11-7-15(3,19-12(23-11)18-13(20)21)8-4-5-10(17)9(16)6-8/h4-6,11,22H,7H2,1-3H3,(H,18,19)(H,20,21)/t11-,15-/m0/s1. The quantitative estimate of drug-likeness (QED) is 0.701. The van der Waals surface area contributed by atoms with E-state index in [1.165, 1.54) is 17.8 Å². The van der Waals surface area contributed by atoms with E-state index in [4.69, 9.17) is 5.11 Å². The lowest BCUT2D eigenvalue weighted by Crippen LogP contribution is -2.45. The monoisotopic (exact) mass is 404 g/mol. The van der Waals surface area contributed by atoms with Gasteiger partial charge in [0.1, 0.15) is 5.82 Å². The highest BCUT2D eigenvalue weighted by molar-refractivity contribution is 9.10. The van der Waals surface area contributed by atoms with Crippen LogP contribution in [-0.4, -0.2) is 32.3 Å². The van der Waals surface area contributed by atoms with Crippen molar-refractivity contribution in [2.75, 3.05) is 0 Å². The highest BCUT2D eigenvalue weighted by atomic mass is 79.9. The number of hydrogen-bond donors (Lipinski definition) is 3. The van der Waals surface area contributed by atoms with Crippen molar-refractivity contribution >= 4 is 39.0 Å². The molecule has 0 aromatic heterocycles. The zero-order chi connectivity index (χ0) is 17.4. The van der Waals surface area contributed by atoms with Crippen LogP contribution in [0.3, 0.4) is 0 Å². The molecule has 1 heterocycles. The van der Waals surface area contributed by atoms with E-state index in [1.54, 1.807) is 26.0 Å². The minimum absolute atomic E-state index is 0.221. The van der Waals surface area contributed by atoms with Crippen molar-refractivity contribution in [1.29, 1.82) is 0 Å². The summed E-state index contributed by atoms with van der Waals surface area (Å²) >= 11 is 4.35. The van der Waals surface area contributed by atoms with Crippen LogP contribution in [0.4, 0.5) is 9.18 Å². The van der Waals surface area contributed by atoms with Crippen molar-refractivity contribution in [3.63, 3.8) is 0 Å². The van der Waals surface area contributed by atoms with Crippen LogP contribution in [0.25, 0.3) is 0 Å². The summed E-state index contributed by atoms with van der Waals surface area (Å²) in [6, 6.07) is 4.60. The predicted octanol–water partition coefficient (Wildman–Crippen LogP) is 3.70. The predicted molar refractivity (Wildman–Crippen MR) is 92.3 cm³/mol. The molecule has 0 spiro atoms. The molecular weight excluding hydrogens is 387 g/mol. The minimum Gasteiger partial charge on any atom is -0.465 e. The highest BCUT2D eigenvalue weighted by Gasteiger charge is 2.41. The van der Waals surface area contributed by atoms with Gasteiger partial charge in [0.2, 0.25) is 0 Å². The van der Waals surface area contributed by atoms with Gasteiger partial charge in [-0.1, -0.05) is 17.8 Å². The molecule has 1 aliphatic heterocycles. The van der Waals surface area contributed by atoms with Crippen molar-refractivity contribution in [1.82, 2.24) is 5.32 Å². The number of rotatable bonds is 2. The number of carboxylic acid groups (broad SMARTS) is 1. The number of amidine groups is 1. The van der Waals surface area contributed by atoms with E-state index in [9.17, 15) is 14.3 Å². The molecular formula is C15H18BrFN2O3S. The molecule has 0 unspecified atom stereocenters. The van der Waals surface area contributed by atoms with Gasteiger partial charge < -0.3 is 10.2 Å². The van der Waals surface area contributed by atoms with E-state index in [2.05, 4.69) is 26.2 Å². The molecule has 126 valence electrons. The van der Waals surface area contributed by atoms with Gasteiger partial charge in [0.15, 0.2) is 5.17 Å². The number of carbonyl (C=O) groups is 1. The van der Waals surface area contributed by atoms with E-state index in [1.807, 2.05) is 6.92 Å². The Morgan fingerprint density at radius 1 is 1.57 bits per heavy atom. The summed E-state index contributed by atoms with van der Waals surface area (Å²) in [7, 11) is 0. The molecule has 0 aliphatic carbocycles. The van der Waals surface area contributed by atoms with Gasteiger partial charge in [-0.3, -0.25) is 10.3 Å². The summed E-state index contributed by atoms with van der Waals surface area (Å²) in [5.41, 5.74) is -1.06. The Balaban J connectivity index is 2.47. The number of thioether (sulfide) groups is 1. The molecule has 2 rings (SSSR count). The van der Waals surface area contributed by atoms with Crippen LogP contribution in [0.2, 0.25) is 0 Å². The van der Waals surface area contributed by atoms with Crippen LogP contribution < -0.4 is 5.32 Å². The minimum atomic E-state index is -1.21. The van der Waals surface area contributed by atoms with Gasteiger partial charge in [-0.05, 0) is 60.8 Å². The fraction of sp³-hybridized carbons (Fsp3) is 0.467. The molecule has 1 aromatic carbocycles. The summed E-state index contributed by atoms with van der Waals surface area (Å²) < 4.78 is 13.8. The van der Waals surface area contributed by atoms with Crippen LogP contribution in [0, 0.1) is 5.82 Å². The third kappa shape index (κ3) is 4.24. The molecule has 23 heavy (non-hydrogen) atoms. The molecule has 3 N–H and O–H groups in total. The Morgan fingerprint density at radius 3 is 2.74 bits per heavy atom. The zero-order valence-corrected chi connectivity index (χ0v) is 15.3. The summed E-state index contributed by atoms with van der Waals surface area (Å²) in [6.45, 7) is 5.19. The lowest BCUT2D eigenvalue weighted by Gasteiger charge is -2.40. The Bertz CT molecular complexity index is 663. The van der Waals surface area contributed by atoms with E-state index >= 15 is 0 Å². The first-order valence-electron chi connectivity index (χ1n) is 6.95. The molecule has 1 aliphatic rings. The first kappa shape index (κ1) is 18.2. The molecule has 0 saturated carbocycles. The Labute approximate surface area is 146 Å². The number of aliphatic hydroxyl groups is 1. The number of aliphatic imine (C=N–C) groups is 1. The summed E-state index contributed by atoms with van der Waals surface area (Å²) in [5, 5.41) is 21.5. The first-order chi connectivity index (χ1) is 10.5. The number of hydrogen-bond acceptors (Lipinski definition) is 4. The second kappa shape index (κ2) is 6.41. The topological polar surface area (TPSA) is 81.9 Å². The van der Waals surface area contributed by atoms with Crippen molar-refractivity contribution in [3.05, 3.63) is 34.1 Å². The molecule has 2 atom stereocenters. The van der Waals surface area contributed by atoms with E-state index in [0.29, 0.717) is 10.9 Å². The average Bonchev–Trinajstić information content (AvgIpc) is 2.39. The third-order valence-corrected chi connectivity index (χ3v) is 5.78. The maximum Gasteiger partial charge on any atom is 0.410 e. The van der Waals surface area contributed by atoms with E-state index in [0.717, 1.165) is 5.56 Å². The fourth-order valence-electron chi connectivity index (χ4n) is 2.39. The van der Waals surface area contributed by atoms with E-state index < -0.39 is 17.2 Å². The zero-order valence-electron chi connectivity index (χ0n) is 12.9. The smallest absolute Gasteiger partial charge is 0.410 e. The van der Waals surface area contributed by atoms with Crippen molar-refractivity contribution in [2.24, 2.45) is 4.99 Å². The second-order valence-corrected chi connectivity index (χ2v) is 8.26. The Kier molecular flexibility index (Phi) is 5.08. The molecule has 0 saturated heterocycles. The van der Waals surface area contributed by atoms with Gasteiger partial charge in [0.05, 0.1) is 15.6 Å². The number of benzene rings is 1. The summed E-state index contributed by atoms with van der Waals surface area (Å²) in [5.74, 6) is -0.380. The van der Waals surface area contributed by atoms with Crippen LogP contribution in [0.1, 0.15) is 32.8 Å². The SMILES string of the molecule is CC(C)(O)[C@@H]1C[C@@](C)(c2ccc(F)c(Br)c2)N=C(NC(=O)O)S1.